The van der Waals surface area contributed by atoms with Gasteiger partial charge in [0.1, 0.15) is 78.0 Å². The van der Waals surface area contributed by atoms with E-state index in [0.29, 0.717) is 52.7 Å². The Balaban J connectivity index is 1.43. The van der Waals surface area contributed by atoms with Gasteiger partial charge in [-0.2, -0.15) is 0 Å². The van der Waals surface area contributed by atoms with Crippen LogP contribution in [0.15, 0.2) is 91.5 Å². The van der Waals surface area contributed by atoms with Crippen molar-refractivity contribution in [2.45, 2.75) is 204 Å². The van der Waals surface area contributed by atoms with Gasteiger partial charge in [0.2, 0.25) is 82.7 Å². The molecule has 666 valence electrons. The van der Waals surface area contributed by atoms with Gasteiger partial charge in [-0.15, -0.1) is 0 Å². The van der Waals surface area contributed by atoms with E-state index in [9.17, 15) is 77.6 Å². The third-order valence-corrected chi connectivity index (χ3v) is 19.6. The standard InChI is InChI=1S/C79H118N26O17/c1-40(2)31-55(99-69(115)56(33-45-20-24-49(108)25-21-45)100-70(116)58(35-47-38-89-39-94-47)98-66(112)42(5)13-10-28-90-77(83)84)68(114)102-59(36-62(81)110)71(117)101-57(34-46-37-93-51-15-9-8-14-50(46)51)72(118)103-63(41(3)4)74(120)104-64(43(6)106)75(121)95-52(16-11-29-91-78(85)86)67(113)96-53(26-27-61(80)109)76(122)105(7)60(17-12-30-92-79(87)88)73(119)97-54(65(82)111)32-44-18-22-48(107)23-19-44/h8-9,14-15,18-25,37-43,52-60,63-64,93,106-108H,10-13,16-17,26-36H2,1-7H3,(H2,80,109)(H2,81,110)(H2,82,111)(H,89,94)(H,95,121)(H,96,113)(H,97,119)(H,98,112)(H,99,115)(H,100,116)(H,101,117)(H,102,114)(H,103,118)(H,104,120)(H4,83,84,90)(H4,85,86,91)(H4,87,88,92)/t42-,43+,52-,53-,54-,55-,56-,57-,58-,59-,60-,63-,64-/m0/s1. The van der Waals surface area contributed by atoms with Gasteiger partial charge in [-0.1, -0.05) is 77.1 Å². The average molecular weight is 1700 g/mol. The lowest BCUT2D eigenvalue weighted by Crippen LogP contribution is -2.63. The highest BCUT2D eigenvalue weighted by molar-refractivity contribution is 6.01. The molecule has 0 saturated heterocycles. The summed E-state index contributed by atoms with van der Waals surface area (Å²) in [5.74, 6) is -17.0. The highest BCUT2D eigenvalue weighted by Gasteiger charge is 2.40. The fourth-order valence-corrected chi connectivity index (χ4v) is 13.0. The monoisotopic (exact) mass is 1700 g/mol. The SMILES string of the molecule is CC(C)C[C@H](NC(=O)[C@H](Cc1ccc(O)cc1)NC(=O)[C@H](Cc1c[nH]cn1)NC(=O)[C@@H](C)CCCNC(=N)N)C(=O)N[C@@H](CC(N)=O)C(=O)N[C@@H](Cc1c[nH]c2ccccc12)C(=O)N[C@H](C(=O)N[C@H](C(=O)N[C@@H](CCCNC(=N)N)C(=O)N[C@@H](CCC(N)=O)C(=O)N(C)[C@@H](CCCNC(=N)N)C(=O)N[C@@H](Cc1ccc(O)cc1)C(N)=O)[C@@H](C)O)C(C)C. The van der Waals surface area contributed by atoms with Crippen LogP contribution in [0.1, 0.15) is 128 Å². The Morgan fingerprint density at radius 2 is 0.910 bits per heavy atom. The Hall–Kier alpha value is -13.6. The van der Waals surface area contributed by atoms with Gasteiger partial charge in [-0.3, -0.25) is 83.4 Å². The molecule has 5 aromatic rings. The van der Waals surface area contributed by atoms with Gasteiger partial charge in [0.05, 0.1) is 24.5 Å². The summed E-state index contributed by atoms with van der Waals surface area (Å²) in [4.78, 5) is 210. The van der Waals surface area contributed by atoms with Gasteiger partial charge >= 0.3 is 0 Å². The first-order valence-electron chi connectivity index (χ1n) is 39.8. The van der Waals surface area contributed by atoms with Crippen LogP contribution in [0.5, 0.6) is 11.5 Å². The molecule has 33 N–H and O–H groups in total. The second-order valence-electron chi connectivity index (χ2n) is 30.5. The van der Waals surface area contributed by atoms with Crippen LogP contribution in [0.25, 0.3) is 10.9 Å². The number of carbonyl (C=O) groups excluding carboxylic acids is 14. The Labute approximate surface area is 704 Å². The number of aliphatic hydroxyl groups is 1. The van der Waals surface area contributed by atoms with E-state index in [2.05, 4.69) is 84.1 Å². The summed E-state index contributed by atoms with van der Waals surface area (Å²) in [5.41, 5.74) is 35.8. The lowest BCUT2D eigenvalue weighted by molar-refractivity contribution is -0.143. The largest absolute Gasteiger partial charge is 0.508 e. The van der Waals surface area contributed by atoms with Crippen molar-refractivity contribution in [2.24, 2.45) is 52.2 Å². The molecular formula is C79H118N26O17. The van der Waals surface area contributed by atoms with Crippen LogP contribution >= 0.6 is 0 Å². The summed E-state index contributed by atoms with van der Waals surface area (Å²) < 4.78 is 0. The van der Waals surface area contributed by atoms with Crippen LogP contribution in [-0.4, -0.2) is 235 Å². The number of para-hydroxylation sites is 1. The molecule has 122 heavy (non-hydrogen) atoms. The third kappa shape index (κ3) is 33.6. The Morgan fingerprint density at radius 1 is 0.459 bits per heavy atom. The van der Waals surface area contributed by atoms with Crippen LogP contribution in [0.4, 0.5) is 0 Å². The summed E-state index contributed by atoms with van der Waals surface area (Å²) in [6, 6.07) is 0.546. The van der Waals surface area contributed by atoms with Gasteiger partial charge in [0.15, 0.2) is 17.9 Å². The van der Waals surface area contributed by atoms with Gasteiger partial charge < -0.3 is 134 Å². The van der Waals surface area contributed by atoms with E-state index in [4.69, 9.17) is 50.6 Å². The van der Waals surface area contributed by atoms with Crippen molar-refractivity contribution in [3.8, 4) is 11.5 Å². The number of H-pyrrole nitrogens is 2. The van der Waals surface area contributed by atoms with Gasteiger partial charge in [-0.25, -0.2) is 4.98 Å². The molecule has 3 aromatic carbocycles. The molecule has 0 aliphatic carbocycles. The molecule has 0 aliphatic rings. The number of nitrogens with two attached hydrogens (primary N) is 6. The number of carbonyl (C=O) groups is 14. The summed E-state index contributed by atoms with van der Waals surface area (Å²) >= 11 is 0. The molecule has 0 saturated carbocycles. The number of phenolic OH excluding ortho intramolecular Hbond substituents is 2. The molecule has 0 bridgehead atoms. The number of hydrogen-bond acceptors (Lipinski definition) is 21. The van der Waals surface area contributed by atoms with E-state index < -0.39 is 198 Å². The van der Waals surface area contributed by atoms with Crippen molar-refractivity contribution < 1.29 is 82.4 Å². The lowest BCUT2D eigenvalue weighted by Gasteiger charge is -2.33. The number of nitrogens with zero attached hydrogens (tertiary/aromatic N) is 2. The molecule has 43 heteroatoms. The zero-order valence-electron chi connectivity index (χ0n) is 69.3. The first-order chi connectivity index (χ1) is 57.6. The first-order valence-corrected chi connectivity index (χ1v) is 39.8. The van der Waals surface area contributed by atoms with Crippen molar-refractivity contribution in [1.29, 1.82) is 16.2 Å². The van der Waals surface area contributed by atoms with E-state index in [-0.39, 0.29) is 94.3 Å². The smallest absolute Gasteiger partial charge is 0.245 e. The van der Waals surface area contributed by atoms with Gasteiger partial charge in [0, 0.05) is 88.0 Å². The number of fused-ring (bicyclic) bond motifs is 1. The van der Waals surface area contributed by atoms with E-state index in [0.717, 1.165) is 11.8 Å². The molecule has 0 aliphatic heterocycles. The molecule has 2 aromatic heterocycles. The van der Waals surface area contributed by atoms with Crippen LogP contribution in [0.2, 0.25) is 0 Å². The number of aromatic amines is 2. The Morgan fingerprint density at radius 3 is 1.43 bits per heavy atom. The normalized spacial score (nSPS) is 14.3. The zero-order chi connectivity index (χ0) is 90.6. The maximum absolute atomic E-state index is 15.1. The highest BCUT2D eigenvalue weighted by Crippen LogP contribution is 2.22. The molecule has 13 atom stereocenters. The number of phenols is 2. The second kappa shape index (κ2) is 49.0. The summed E-state index contributed by atoms with van der Waals surface area (Å²) in [5, 5.41) is 88.4. The zero-order valence-corrected chi connectivity index (χ0v) is 69.3. The molecule has 0 radical (unpaired) electrons. The number of aliphatic hydroxyl groups excluding tert-OH is 1. The quantitative estimate of drug-likeness (QED) is 0.00989. The average Bonchev–Trinajstić information content (AvgIpc) is 1.36. The Kier molecular flexibility index (Phi) is 39.8. The minimum absolute atomic E-state index is 0.0262. The maximum Gasteiger partial charge on any atom is 0.245 e. The van der Waals surface area contributed by atoms with E-state index >= 15 is 4.79 Å². The van der Waals surface area contributed by atoms with E-state index in [1.54, 1.807) is 51.2 Å². The van der Waals surface area contributed by atoms with Crippen LogP contribution in [-0.2, 0) is 92.8 Å². The van der Waals surface area contributed by atoms with Crippen LogP contribution in [0, 0.1) is 34.0 Å². The minimum Gasteiger partial charge on any atom is -0.508 e. The molecule has 43 nitrogen and oxygen atoms in total. The summed E-state index contributed by atoms with van der Waals surface area (Å²) in [6.45, 7) is 9.47. The predicted octanol–water partition coefficient (Wildman–Crippen LogP) is -4.62. The number of guanidine groups is 3. The summed E-state index contributed by atoms with van der Waals surface area (Å²) in [7, 11) is 1.20. The number of benzene rings is 3. The molecule has 2 heterocycles. The van der Waals surface area contributed by atoms with Crippen molar-refractivity contribution in [3.63, 3.8) is 0 Å². The van der Waals surface area contributed by atoms with Gasteiger partial charge in [0.25, 0.3) is 0 Å². The predicted molar refractivity (Wildman–Crippen MR) is 448 cm³/mol. The topological polar surface area (TPSA) is 731 Å². The van der Waals surface area contributed by atoms with E-state index in [1.807, 2.05) is 0 Å². The molecule has 14 amide bonds. The minimum atomic E-state index is -1.95. The van der Waals surface area contributed by atoms with Crippen molar-refractivity contribution in [2.75, 3.05) is 26.7 Å². The van der Waals surface area contributed by atoms with Crippen LogP contribution < -0.4 is 104 Å². The number of aromatic hydroxyl groups is 2. The van der Waals surface area contributed by atoms with Crippen LogP contribution in [0.3, 0.4) is 0 Å². The number of nitrogens with one attached hydrogen (secondary N) is 18. The lowest BCUT2D eigenvalue weighted by atomic mass is 9.99. The number of likely N-dealkylation sites (N-methyl/N-ethyl adjacent to an activating group) is 1. The number of rotatable bonds is 52. The third-order valence-electron chi connectivity index (χ3n) is 19.6. The fraction of sp³-hybridized carbons (Fsp3) is 0.494. The van der Waals surface area contributed by atoms with Crippen molar-refractivity contribution >= 4 is 111 Å². The highest BCUT2D eigenvalue weighted by atomic mass is 16.3. The number of amides is 14. The fourth-order valence-electron chi connectivity index (χ4n) is 13.0. The van der Waals surface area contributed by atoms with Gasteiger partial charge in [-0.05, 0) is 117 Å². The maximum atomic E-state index is 15.1. The number of primary amides is 3. The molecule has 0 fully saturated rings. The molecule has 0 unspecified atom stereocenters. The number of imidazole rings is 1. The van der Waals surface area contributed by atoms with Crippen molar-refractivity contribution in [3.05, 3.63) is 114 Å². The van der Waals surface area contributed by atoms with E-state index in [1.165, 1.54) is 82.0 Å². The molecular weight excluding hydrogens is 1590 g/mol. The first kappa shape index (κ1) is 98.9. The number of aromatic nitrogens is 3. The number of hydrogen-bond donors (Lipinski definition) is 27. The molecule has 0 spiro atoms. The van der Waals surface area contributed by atoms with Crippen molar-refractivity contribution in [1.82, 2.24) is 89.0 Å². The second-order valence-corrected chi connectivity index (χ2v) is 30.5. The summed E-state index contributed by atoms with van der Waals surface area (Å²) in [6.07, 6.45) is 0.0842. The molecule has 5 rings (SSSR count). The Bertz CT molecular complexity index is 4430.